The summed E-state index contributed by atoms with van der Waals surface area (Å²) in [6.07, 6.45) is 3.47. The van der Waals surface area contributed by atoms with E-state index >= 15 is 0 Å². The Morgan fingerprint density at radius 1 is 1.50 bits per heavy atom. The molecule has 50 valence electrons. The first kappa shape index (κ1) is 5.22. The lowest BCUT2D eigenvalue weighted by Gasteiger charge is -1.92. The van der Waals surface area contributed by atoms with Crippen molar-refractivity contribution >= 4 is 11.3 Å². The van der Waals surface area contributed by atoms with E-state index in [1.54, 1.807) is 16.8 Å². The normalized spacial score (nSPS) is 10.4. The Kier molecular flexibility index (Phi) is 0.887. The molecule has 0 saturated carbocycles. The summed E-state index contributed by atoms with van der Waals surface area (Å²) in [5.41, 5.74) is 6.94. The average molecular weight is 134 g/mol. The molecule has 2 rings (SSSR count). The van der Waals surface area contributed by atoms with Crippen LogP contribution in [0.15, 0.2) is 24.7 Å². The summed E-state index contributed by atoms with van der Waals surface area (Å²) in [6, 6.07) is 3.65. The molecule has 4 heteroatoms. The van der Waals surface area contributed by atoms with Crippen molar-refractivity contribution in [3.05, 3.63) is 24.7 Å². The number of pyridine rings is 1. The molecule has 0 atom stereocenters. The first-order valence-corrected chi connectivity index (χ1v) is 2.92. The molecule has 2 N–H and O–H groups in total. The molecule has 0 unspecified atom stereocenters. The van der Waals surface area contributed by atoms with Crippen LogP contribution in [0, 0.1) is 0 Å². The highest BCUT2D eigenvalue weighted by Gasteiger charge is 1.95. The van der Waals surface area contributed by atoms with Crippen molar-refractivity contribution in [1.82, 2.24) is 14.6 Å². The minimum absolute atomic E-state index is 0.653. The molecule has 0 spiro atoms. The lowest BCUT2D eigenvalue weighted by atomic mass is 10.4. The molecule has 0 amide bonds. The lowest BCUT2D eigenvalue weighted by molar-refractivity contribution is 1.10. The van der Waals surface area contributed by atoms with E-state index in [4.69, 9.17) is 5.73 Å². The predicted octanol–water partition coefficient (Wildman–Crippen LogP) is 0.311. The van der Waals surface area contributed by atoms with Gasteiger partial charge in [-0.05, 0) is 12.1 Å². The van der Waals surface area contributed by atoms with Crippen molar-refractivity contribution < 1.29 is 0 Å². The molecular weight excluding hydrogens is 128 g/mol. The molecule has 0 bridgehead atoms. The van der Waals surface area contributed by atoms with Gasteiger partial charge in [0.05, 0.1) is 5.69 Å². The predicted molar refractivity (Wildman–Crippen MR) is 37.4 cm³/mol. The van der Waals surface area contributed by atoms with Gasteiger partial charge in [-0.3, -0.25) is 4.40 Å². The first-order chi connectivity index (χ1) is 4.88. The number of hydrogen-bond donors (Lipinski definition) is 1. The van der Waals surface area contributed by atoms with Crippen LogP contribution in [0.25, 0.3) is 5.65 Å². The summed E-state index contributed by atoms with van der Waals surface area (Å²) in [5, 5.41) is 7.50. The number of nitrogens with two attached hydrogens (primary N) is 1. The fourth-order valence-corrected chi connectivity index (χ4v) is 0.872. The Labute approximate surface area is 57.3 Å². The summed E-state index contributed by atoms with van der Waals surface area (Å²) in [4.78, 5) is 0. The second kappa shape index (κ2) is 1.70. The van der Waals surface area contributed by atoms with E-state index < -0.39 is 0 Å². The van der Waals surface area contributed by atoms with Gasteiger partial charge in [-0.1, -0.05) is 0 Å². The molecule has 0 saturated heterocycles. The van der Waals surface area contributed by atoms with Crippen molar-refractivity contribution in [2.75, 3.05) is 5.73 Å². The molecule has 0 aliphatic carbocycles. The fraction of sp³-hybridized carbons (Fsp3) is 0. The quantitative estimate of drug-likeness (QED) is 0.564. The lowest BCUT2D eigenvalue weighted by Crippen LogP contribution is -1.90. The van der Waals surface area contributed by atoms with Crippen LogP contribution in [0.3, 0.4) is 0 Å². The average Bonchev–Trinajstić information content (AvgIpc) is 2.36. The number of nitrogen functional groups attached to an aromatic ring is 1. The number of aromatic nitrogens is 3. The zero-order chi connectivity index (χ0) is 6.97. The van der Waals surface area contributed by atoms with Gasteiger partial charge >= 0.3 is 0 Å². The van der Waals surface area contributed by atoms with Crippen molar-refractivity contribution in [1.29, 1.82) is 0 Å². The number of nitrogens with zero attached hydrogens (tertiary/aromatic N) is 3. The number of anilines is 1. The van der Waals surface area contributed by atoms with E-state index in [9.17, 15) is 0 Å². The topological polar surface area (TPSA) is 56.2 Å². The van der Waals surface area contributed by atoms with Crippen LogP contribution in [-0.2, 0) is 0 Å². The van der Waals surface area contributed by atoms with Crippen LogP contribution < -0.4 is 5.73 Å². The van der Waals surface area contributed by atoms with Gasteiger partial charge in [-0.15, -0.1) is 10.2 Å². The van der Waals surface area contributed by atoms with E-state index in [-0.39, 0.29) is 0 Å². The minimum Gasteiger partial charge on any atom is -0.396 e. The summed E-state index contributed by atoms with van der Waals surface area (Å²) in [5.74, 6) is 0. The highest BCUT2D eigenvalue weighted by molar-refractivity contribution is 5.62. The van der Waals surface area contributed by atoms with E-state index in [1.807, 2.05) is 12.3 Å². The Balaban J connectivity index is 2.95. The van der Waals surface area contributed by atoms with Gasteiger partial charge in [0.1, 0.15) is 6.33 Å². The van der Waals surface area contributed by atoms with E-state index in [0.29, 0.717) is 11.3 Å². The van der Waals surface area contributed by atoms with Crippen molar-refractivity contribution in [3.8, 4) is 0 Å². The van der Waals surface area contributed by atoms with Crippen LogP contribution in [0.4, 0.5) is 5.69 Å². The maximum absolute atomic E-state index is 5.58. The maximum Gasteiger partial charge on any atom is 0.183 e. The first-order valence-electron chi connectivity index (χ1n) is 2.92. The van der Waals surface area contributed by atoms with Gasteiger partial charge in [-0.25, -0.2) is 0 Å². The van der Waals surface area contributed by atoms with Crippen LogP contribution in [0.2, 0.25) is 0 Å². The monoisotopic (exact) mass is 134 g/mol. The summed E-state index contributed by atoms with van der Waals surface area (Å²) in [7, 11) is 0. The Morgan fingerprint density at radius 3 is 3.20 bits per heavy atom. The molecule has 0 aromatic carbocycles. The second-order valence-electron chi connectivity index (χ2n) is 2.03. The Bertz CT molecular complexity index is 351. The summed E-state index contributed by atoms with van der Waals surface area (Å²) in [6.45, 7) is 0. The van der Waals surface area contributed by atoms with Crippen molar-refractivity contribution in [2.24, 2.45) is 0 Å². The van der Waals surface area contributed by atoms with Gasteiger partial charge in [0.15, 0.2) is 5.65 Å². The molecule has 2 aromatic rings. The highest BCUT2D eigenvalue weighted by Crippen LogP contribution is 2.07. The third kappa shape index (κ3) is 0.556. The van der Waals surface area contributed by atoms with E-state index in [1.165, 1.54) is 0 Å². The molecule has 0 aliphatic rings. The molecule has 4 nitrogen and oxygen atoms in total. The second-order valence-corrected chi connectivity index (χ2v) is 2.03. The fourth-order valence-electron chi connectivity index (χ4n) is 0.872. The third-order valence-electron chi connectivity index (χ3n) is 1.35. The standard InChI is InChI=1S/C6H6N4/c7-5-2-1-3-10-4-8-9-6(5)10/h1-4H,7H2. The molecule has 0 fully saturated rings. The number of hydrogen-bond acceptors (Lipinski definition) is 3. The van der Waals surface area contributed by atoms with Crippen molar-refractivity contribution in [2.45, 2.75) is 0 Å². The van der Waals surface area contributed by atoms with Crippen LogP contribution in [0.5, 0.6) is 0 Å². The van der Waals surface area contributed by atoms with Gasteiger partial charge in [-0.2, -0.15) is 0 Å². The van der Waals surface area contributed by atoms with Gasteiger partial charge in [0, 0.05) is 6.20 Å². The minimum atomic E-state index is 0.653. The van der Waals surface area contributed by atoms with Crippen LogP contribution >= 0.6 is 0 Å². The zero-order valence-corrected chi connectivity index (χ0v) is 5.23. The van der Waals surface area contributed by atoms with E-state index in [0.717, 1.165) is 0 Å². The largest absolute Gasteiger partial charge is 0.396 e. The van der Waals surface area contributed by atoms with Gasteiger partial charge < -0.3 is 5.73 Å². The molecule has 2 heterocycles. The van der Waals surface area contributed by atoms with Gasteiger partial charge in [0.2, 0.25) is 0 Å². The zero-order valence-electron chi connectivity index (χ0n) is 5.23. The molecule has 10 heavy (non-hydrogen) atoms. The smallest absolute Gasteiger partial charge is 0.183 e. The Morgan fingerprint density at radius 2 is 2.40 bits per heavy atom. The number of fused-ring (bicyclic) bond motifs is 1. The van der Waals surface area contributed by atoms with E-state index in [2.05, 4.69) is 10.2 Å². The SMILES string of the molecule is Nc1cccn2cnnc12. The van der Waals surface area contributed by atoms with Crippen LogP contribution in [0.1, 0.15) is 0 Å². The summed E-state index contributed by atoms with van der Waals surface area (Å²) >= 11 is 0. The molecule has 0 aliphatic heterocycles. The number of rotatable bonds is 0. The van der Waals surface area contributed by atoms with Crippen molar-refractivity contribution in [3.63, 3.8) is 0 Å². The van der Waals surface area contributed by atoms with Gasteiger partial charge in [0.25, 0.3) is 0 Å². The highest BCUT2D eigenvalue weighted by atomic mass is 15.2. The molecule has 0 radical (unpaired) electrons. The Hall–Kier alpha value is -1.58. The third-order valence-corrected chi connectivity index (χ3v) is 1.35. The molecular formula is C6H6N4. The molecule has 2 aromatic heterocycles. The summed E-state index contributed by atoms with van der Waals surface area (Å²) < 4.78 is 1.77. The maximum atomic E-state index is 5.58. The van der Waals surface area contributed by atoms with Crippen LogP contribution in [-0.4, -0.2) is 14.6 Å².